The molecule has 0 spiro atoms. The molecule has 1 aliphatic heterocycles. The van der Waals surface area contributed by atoms with E-state index in [0.29, 0.717) is 6.04 Å². The molecule has 3 nitrogen and oxygen atoms in total. The monoisotopic (exact) mass is 213 g/mol. The van der Waals surface area contributed by atoms with Crippen LogP contribution in [0.3, 0.4) is 0 Å². The van der Waals surface area contributed by atoms with Gasteiger partial charge in [-0.2, -0.15) is 0 Å². The van der Waals surface area contributed by atoms with Crippen molar-refractivity contribution in [1.29, 1.82) is 0 Å². The maximum atomic E-state index is 3.48. The molecule has 1 N–H and O–H groups in total. The number of likely N-dealkylation sites (N-methyl/N-ethyl adjacent to an activating group) is 2. The van der Waals surface area contributed by atoms with Crippen molar-refractivity contribution in [2.24, 2.45) is 0 Å². The first kappa shape index (κ1) is 12.9. The molecule has 0 aromatic carbocycles. The zero-order valence-corrected chi connectivity index (χ0v) is 10.8. The molecule has 0 aliphatic carbocycles. The summed E-state index contributed by atoms with van der Waals surface area (Å²) in [5, 5.41) is 3.48. The average molecular weight is 213 g/mol. The lowest BCUT2D eigenvalue weighted by molar-refractivity contribution is 0.0827. The van der Waals surface area contributed by atoms with Crippen molar-refractivity contribution in [3.05, 3.63) is 0 Å². The van der Waals surface area contributed by atoms with Crippen molar-refractivity contribution >= 4 is 0 Å². The van der Waals surface area contributed by atoms with Crippen molar-refractivity contribution in [1.82, 2.24) is 15.1 Å². The molecule has 1 aliphatic rings. The zero-order chi connectivity index (χ0) is 11.3. The Morgan fingerprint density at radius 1 is 1.33 bits per heavy atom. The van der Waals surface area contributed by atoms with Crippen LogP contribution in [0.15, 0.2) is 0 Å². The van der Waals surface area contributed by atoms with Gasteiger partial charge in [-0.1, -0.05) is 13.8 Å². The van der Waals surface area contributed by atoms with Crippen LogP contribution in [-0.4, -0.2) is 61.2 Å². The van der Waals surface area contributed by atoms with Crippen LogP contribution in [0.1, 0.15) is 27.7 Å². The number of hydrogen-bond acceptors (Lipinski definition) is 3. The second-order valence-electron chi connectivity index (χ2n) is 4.70. The minimum atomic E-state index is 0.621. The van der Waals surface area contributed by atoms with E-state index in [4.69, 9.17) is 0 Å². The Bertz CT molecular complexity index is 170. The maximum absolute atomic E-state index is 3.48. The summed E-state index contributed by atoms with van der Waals surface area (Å²) in [6.45, 7) is 16.2. The van der Waals surface area contributed by atoms with E-state index in [0.717, 1.165) is 12.6 Å². The van der Waals surface area contributed by atoms with E-state index in [9.17, 15) is 0 Å². The molecule has 90 valence electrons. The molecule has 1 saturated heterocycles. The largest absolute Gasteiger partial charge is 0.313 e. The number of hydrogen-bond donors (Lipinski definition) is 1. The molecule has 2 atom stereocenters. The van der Waals surface area contributed by atoms with Gasteiger partial charge in [0.05, 0.1) is 0 Å². The summed E-state index contributed by atoms with van der Waals surface area (Å²) in [7, 11) is 0. The number of piperazine rings is 1. The van der Waals surface area contributed by atoms with Crippen molar-refractivity contribution in [3.8, 4) is 0 Å². The molecule has 0 radical (unpaired) electrons. The molecule has 0 bridgehead atoms. The quantitative estimate of drug-likeness (QED) is 0.735. The summed E-state index contributed by atoms with van der Waals surface area (Å²) in [4.78, 5) is 5.15. The van der Waals surface area contributed by atoms with Crippen molar-refractivity contribution in [3.63, 3.8) is 0 Å². The van der Waals surface area contributed by atoms with E-state index in [1.165, 1.54) is 32.7 Å². The zero-order valence-electron chi connectivity index (χ0n) is 10.8. The fourth-order valence-corrected chi connectivity index (χ4v) is 2.51. The van der Waals surface area contributed by atoms with Gasteiger partial charge >= 0.3 is 0 Å². The first-order chi connectivity index (χ1) is 7.17. The van der Waals surface area contributed by atoms with Crippen LogP contribution in [0.25, 0.3) is 0 Å². The third-order valence-corrected chi connectivity index (χ3v) is 3.34. The van der Waals surface area contributed by atoms with Crippen LogP contribution in [0.4, 0.5) is 0 Å². The Hall–Kier alpha value is -0.120. The summed E-state index contributed by atoms with van der Waals surface area (Å²) in [5.41, 5.74) is 0. The van der Waals surface area contributed by atoms with Crippen LogP contribution in [-0.2, 0) is 0 Å². The average Bonchev–Trinajstić information content (AvgIpc) is 2.18. The van der Waals surface area contributed by atoms with Crippen molar-refractivity contribution in [2.75, 3.05) is 39.3 Å². The van der Waals surface area contributed by atoms with Gasteiger partial charge in [-0.3, -0.25) is 9.80 Å². The molecule has 1 heterocycles. The Morgan fingerprint density at radius 3 is 2.60 bits per heavy atom. The highest BCUT2D eigenvalue weighted by Crippen LogP contribution is 2.08. The Labute approximate surface area is 94.8 Å². The summed E-state index contributed by atoms with van der Waals surface area (Å²) < 4.78 is 0. The molecule has 15 heavy (non-hydrogen) atoms. The highest BCUT2D eigenvalue weighted by Gasteiger charge is 2.22. The topological polar surface area (TPSA) is 18.5 Å². The van der Waals surface area contributed by atoms with Gasteiger partial charge in [0.1, 0.15) is 0 Å². The van der Waals surface area contributed by atoms with E-state index in [1.54, 1.807) is 0 Å². The van der Waals surface area contributed by atoms with E-state index < -0.39 is 0 Å². The lowest BCUT2D eigenvalue weighted by Gasteiger charge is -2.40. The van der Waals surface area contributed by atoms with Gasteiger partial charge in [0, 0.05) is 38.3 Å². The van der Waals surface area contributed by atoms with E-state index in [2.05, 4.69) is 42.8 Å². The van der Waals surface area contributed by atoms with E-state index in [1.807, 2.05) is 0 Å². The fraction of sp³-hybridized carbons (Fsp3) is 1.00. The molecular formula is C12H27N3. The Kier molecular flexibility index (Phi) is 5.58. The predicted octanol–water partition coefficient (Wildman–Crippen LogP) is 1.01. The molecule has 2 unspecified atom stereocenters. The molecule has 0 amide bonds. The highest BCUT2D eigenvalue weighted by atomic mass is 15.3. The van der Waals surface area contributed by atoms with Gasteiger partial charge < -0.3 is 5.32 Å². The molecule has 3 heteroatoms. The fourth-order valence-electron chi connectivity index (χ4n) is 2.51. The van der Waals surface area contributed by atoms with Crippen LogP contribution < -0.4 is 5.32 Å². The van der Waals surface area contributed by atoms with Crippen molar-refractivity contribution in [2.45, 2.75) is 39.8 Å². The molecular weight excluding hydrogens is 186 g/mol. The number of rotatable bonds is 5. The summed E-state index contributed by atoms with van der Waals surface area (Å²) in [6.07, 6.45) is 0. The van der Waals surface area contributed by atoms with Crippen LogP contribution >= 0.6 is 0 Å². The van der Waals surface area contributed by atoms with Gasteiger partial charge in [-0.15, -0.1) is 0 Å². The molecule has 0 aromatic rings. The lowest BCUT2D eigenvalue weighted by atomic mass is 10.1. The lowest BCUT2D eigenvalue weighted by Crippen LogP contribution is -2.54. The van der Waals surface area contributed by atoms with E-state index >= 15 is 0 Å². The highest BCUT2D eigenvalue weighted by molar-refractivity contribution is 4.80. The van der Waals surface area contributed by atoms with Gasteiger partial charge in [-0.25, -0.2) is 0 Å². The summed E-state index contributed by atoms with van der Waals surface area (Å²) in [6, 6.07) is 1.34. The SMILES string of the molecule is CCNC(C)CN1CCN(CC)C(C)C1. The van der Waals surface area contributed by atoms with Crippen LogP contribution in [0.2, 0.25) is 0 Å². The number of nitrogens with zero attached hydrogens (tertiary/aromatic N) is 2. The third-order valence-electron chi connectivity index (χ3n) is 3.34. The standard InChI is InChI=1S/C12H27N3/c1-5-13-11(3)9-14-7-8-15(6-2)12(4)10-14/h11-13H,5-10H2,1-4H3. The summed E-state index contributed by atoms with van der Waals surface area (Å²) >= 11 is 0. The van der Waals surface area contributed by atoms with Gasteiger partial charge in [-0.05, 0) is 26.9 Å². The Balaban J connectivity index is 2.28. The minimum Gasteiger partial charge on any atom is -0.313 e. The van der Waals surface area contributed by atoms with Crippen LogP contribution in [0, 0.1) is 0 Å². The normalized spacial score (nSPS) is 26.8. The van der Waals surface area contributed by atoms with E-state index in [-0.39, 0.29) is 0 Å². The third kappa shape index (κ3) is 4.09. The molecule has 1 rings (SSSR count). The predicted molar refractivity (Wildman–Crippen MR) is 66.3 cm³/mol. The van der Waals surface area contributed by atoms with Gasteiger partial charge in [0.25, 0.3) is 0 Å². The first-order valence-electron chi connectivity index (χ1n) is 6.37. The second-order valence-corrected chi connectivity index (χ2v) is 4.70. The molecule has 0 saturated carbocycles. The summed E-state index contributed by atoms with van der Waals surface area (Å²) in [5.74, 6) is 0. The first-order valence-corrected chi connectivity index (χ1v) is 6.37. The maximum Gasteiger partial charge on any atom is 0.0195 e. The molecule has 1 fully saturated rings. The molecule has 0 aromatic heterocycles. The minimum absolute atomic E-state index is 0.621. The smallest absolute Gasteiger partial charge is 0.0195 e. The van der Waals surface area contributed by atoms with Crippen LogP contribution in [0.5, 0.6) is 0 Å². The second kappa shape index (κ2) is 6.46. The van der Waals surface area contributed by atoms with Crippen molar-refractivity contribution < 1.29 is 0 Å². The number of nitrogens with one attached hydrogen (secondary N) is 1. The Morgan fingerprint density at radius 2 is 2.07 bits per heavy atom. The van der Waals surface area contributed by atoms with Gasteiger partial charge in [0.2, 0.25) is 0 Å². The van der Waals surface area contributed by atoms with Gasteiger partial charge in [0.15, 0.2) is 0 Å².